The van der Waals surface area contributed by atoms with Crippen molar-refractivity contribution in [3.05, 3.63) is 11.6 Å². The van der Waals surface area contributed by atoms with E-state index < -0.39 is 142 Å². The van der Waals surface area contributed by atoms with Crippen LogP contribution in [0.4, 0.5) is 0 Å². The Balaban J connectivity index is 0.837. The number of allylic oxidation sites excluding steroid dienone is 1. The second-order valence-corrected chi connectivity index (χ2v) is 23.6. The fourth-order valence-corrected chi connectivity index (χ4v) is 15.0. The van der Waals surface area contributed by atoms with Gasteiger partial charge in [-0.25, -0.2) is 0 Å². The van der Waals surface area contributed by atoms with Gasteiger partial charge in [-0.05, 0) is 118 Å². The molecule has 0 bridgehead atoms. The molecule has 9 aliphatic rings. The van der Waals surface area contributed by atoms with E-state index in [1.54, 1.807) is 0 Å². The van der Waals surface area contributed by atoms with E-state index in [0.29, 0.717) is 42.4 Å². The topological polar surface area (TPSA) is 326 Å². The van der Waals surface area contributed by atoms with Crippen LogP contribution in [-0.4, -0.2) is 222 Å². The number of aliphatic hydroxyl groups is 12. The fraction of sp³-hybridized carbons (Fsp3) is 0.961. The molecular weight excluding hydrogens is 949 g/mol. The summed E-state index contributed by atoms with van der Waals surface area (Å²) in [5, 5.41) is 126. The van der Waals surface area contributed by atoms with Crippen molar-refractivity contribution in [1.82, 2.24) is 0 Å². The summed E-state index contributed by atoms with van der Waals surface area (Å²) in [6.07, 6.45) is -18.2. The van der Waals surface area contributed by atoms with Crippen LogP contribution < -0.4 is 0 Å². The highest BCUT2D eigenvalue weighted by Crippen LogP contribution is 2.69. The van der Waals surface area contributed by atoms with Gasteiger partial charge in [0.05, 0.1) is 50.3 Å². The molecule has 9 rings (SSSR count). The molecule has 0 amide bonds. The van der Waals surface area contributed by atoms with Crippen LogP contribution in [-0.2, 0) is 42.6 Å². The molecule has 12 N–H and O–H groups in total. The molecule has 0 spiro atoms. The first-order chi connectivity index (χ1) is 34.1. The Bertz CT molecular complexity index is 1850. The van der Waals surface area contributed by atoms with Gasteiger partial charge in [0.2, 0.25) is 0 Å². The molecule has 21 heteroatoms. The maximum Gasteiger partial charge on any atom is 0.187 e. The lowest BCUT2D eigenvalue weighted by Crippen LogP contribution is -2.66. The van der Waals surface area contributed by atoms with Crippen LogP contribution in [0.3, 0.4) is 0 Å². The van der Waals surface area contributed by atoms with Gasteiger partial charge in [-0.2, -0.15) is 0 Å². The highest BCUT2D eigenvalue weighted by atomic mass is 16.8. The molecule has 414 valence electrons. The first kappa shape index (κ1) is 55.6. The summed E-state index contributed by atoms with van der Waals surface area (Å²) in [5.74, 6) is 2.35. The summed E-state index contributed by atoms with van der Waals surface area (Å²) in [4.78, 5) is 0. The maximum atomic E-state index is 12.0. The quantitative estimate of drug-likeness (QED) is 0.0900. The summed E-state index contributed by atoms with van der Waals surface area (Å²) in [7, 11) is 0. The van der Waals surface area contributed by atoms with Crippen LogP contribution in [0.2, 0.25) is 0 Å². The molecule has 21 nitrogen and oxygen atoms in total. The Morgan fingerprint density at radius 3 is 1.85 bits per heavy atom. The van der Waals surface area contributed by atoms with Crippen molar-refractivity contribution >= 4 is 0 Å². The lowest BCUT2D eigenvalue weighted by Gasteiger charge is -2.58. The number of hydrogen-bond donors (Lipinski definition) is 12. The highest BCUT2D eigenvalue weighted by molar-refractivity contribution is 5.26. The van der Waals surface area contributed by atoms with Gasteiger partial charge in [-0.1, -0.05) is 39.3 Å². The molecule has 5 aliphatic heterocycles. The normalized spacial score (nSPS) is 55.1. The van der Waals surface area contributed by atoms with Gasteiger partial charge in [0.15, 0.2) is 25.2 Å². The van der Waals surface area contributed by atoms with Crippen LogP contribution >= 0.6 is 0 Å². The highest BCUT2D eigenvalue weighted by Gasteiger charge is 2.65. The van der Waals surface area contributed by atoms with E-state index in [0.717, 1.165) is 44.9 Å². The van der Waals surface area contributed by atoms with Crippen molar-refractivity contribution in [1.29, 1.82) is 0 Å². The van der Waals surface area contributed by atoms with E-state index in [9.17, 15) is 61.3 Å². The van der Waals surface area contributed by atoms with Crippen molar-refractivity contribution in [3.63, 3.8) is 0 Å². The monoisotopic (exact) mass is 1030 g/mol. The smallest absolute Gasteiger partial charge is 0.187 e. The van der Waals surface area contributed by atoms with Crippen LogP contribution in [0.25, 0.3) is 0 Å². The number of rotatable bonds is 14. The van der Waals surface area contributed by atoms with E-state index in [2.05, 4.69) is 33.8 Å². The summed E-state index contributed by atoms with van der Waals surface area (Å²) in [6.45, 7) is 11.4. The number of ether oxygens (including phenoxy) is 9. The van der Waals surface area contributed by atoms with Crippen molar-refractivity contribution in [2.45, 2.75) is 240 Å². The van der Waals surface area contributed by atoms with E-state index >= 15 is 0 Å². The Hall–Kier alpha value is -1.10. The molecule has 0 aromatic carbocycles. The van der Waals surface area contributed by atoms with E-state index in [4.69, 9.17) is 42.6 Å². The van der Waals surface area contributed by atoms with E-state index in [1.165, 1.54) is 19.4 Å². The fourth-order valence-electron chi connectivity index (χ4n) is 15.0. The van der Waals surface area contributed by atoms with Crippen molar-refractivity contribution in [2.24, 2.45) is 46.3 Å². The van der Waals surface area contributed by atoms with Gasteiger partial charge in [0, 0.05) is 0 Å². The first-order valence-corrected chi connectivity index (χ1v) is 26.7. The number of fused-ring (bicyclic) bond motifs is 7. The Morgan fingerprint density at radius 2 is 1.21 bits per heavy atom. The molecule has 0 aromatic heterocycles. The molecule has 72 heavy (non-hydrogen) atoms. The zero-order chi connectivity index (χ0) is 51.9. The average molecular weight is 1030 g/mol. The lowest BCUT2D eigenvalue weighted by molar-refractivity contribution is -0.388. The first-order valence-electron chi connectivity index (χ1n) is 26.7. The number of hydrogen-bond acceptors (Lipinski definition) is 21. The molecule has 2 unspecified atom stereocenters. The van der Waals surface area contributed by atoms with Gasteiger partial charge in [-0.3, -0.25) is 0 Å². The van der Waals surface area contributed by atoms with Crippen molar-refractivity contribution in [2.75, 3.05) is 19.8 Å². The molecule has 31 atom stereocenters. The lowest BCUT2D eigenvalue weighted by atomic mass is 9.47. The minimum atomic E-state index is -1.73. The Morgan fingerprint density at radius 1 is 0.611 bits per heavy atom. The Labute approximate surface area is 421 Å². The predicted octanol–water partition coefficient (Wildman–Crippen LogP) is -1.30. The van der Waals surface area contributed by atoms with Crippen molar-refractivity contribution < 1.29 is 104 Å². The average Bonchev–Trinajstić information content (AvgIpc) is 3.85. The summed E-state index contributed by atoms with van der Waals surface area (Å²) in [6, 6.07) is 0. The van der Waals surface area contributed by atoms with Crippen LogP contribution in [0.15, 0.2) is 11.6 Å². The van der Waals surface area contributed by atoms with Crippen LogP contribution in [0, 0.1) is 46.3 Å². The van der Waals surface area contributed by atoms with Gasteiger partial charge >= 0.3 is 0 Å². The Kier molecular flexibility index (Phi) is 17.0. The van der Waals surface area contributed by atoms with Crippen molar-refractivity contribution in [3.8, 4) is 0 Å². The maximum absolute atomic E-state index is 12.0. The van der Waals surface area contributed by atoms with Gasteiger partial charge < -0.3 is 104 Å². The molecule has 3 saturated carbocycles. The molecule has 4 aliphatic carbocycles. The third-order valence-electron chi connectivity index (χ3n) is 19.3. The largest absolute Gasteiger partial charge is 0.394 e. The molecule has 0 aromatic rings. The minimum Gasteiger partial charge on any atom is -0.394 e. The number of aliphatic hydroxyl groups excluding tert-OH is 12. The van der Waals surface area contributed by atoms with Crippen LogP contribution in [0.1, 0.15) is 99.3 Å². The molecule has 0 radical (unpaired) electrons. The second kappa shape index (κ2) is 22.0. The summed E-state index contributed by atoms with van der Waals surface area (Å²) < 4.78 is 55.0. The molecular formula is C51H84O21. The minimum absolute atomic E-state index is 0.0800. The van der Waals surface area contributed by atoms with Gasteiger partial charge in [-0.15, -0.1) is 0 Å². The third-order valence-corrected chi connectivity index (χ3v) is 19.3. The molecule has 8 fully saturated rings. The van der Waals surface area contributed by atoms with Gasteiger partial charge in [0.1, 0.15) is 85.5 Å². The molecule has 5 heterocycles. The van der Waals surface area contributed by atoms with Gasteiger partial charge in [0.25, 0.3) is 0 Å². The third kappa shape index (κ3) is 10.0. The zero-order valence-corrected chi connectivity index (χ0v) is 42.3. The SMILES string of the molecule is CC(CCC1O[C@H]2C[C@H]3[C@@H]4CC=C5C[C@@H](O[C@@H]6O[C@H](CO)[C@@H](O[C@@H]7O[C@@H](C)[C@H](O)[C@@H](O)[C@H]7O)[C@H](O)[C@H]6O[C@@H]6O[C@@H](C)[C@H](O)[C@@H](O)[C@H]6O)CC[C@]5(C)[C@H]4CC[C@]3(C)[C@H]2[C@@H]1C)CO[C@@H]1O[C@H](CO)[C@@H](O)[C@H](O)[C@H]1O. The summed E-state index contributed by atoms with van der Waals surface area (Å²) in [5.41, 5.74) is 1.35. The van der Waals surface area contributed by atoms with Crippen LogP contribution in [0.5, 0.6) is 0 Å². The van der Waals surface area contributed by atoms with E-state index in [1.807, 2.05) is 0 Å². The summed E-state index contributed by atoms with van der Waals surface area (Å²) >= 11 is 0. The van der Waals surface area contributed by atoms with E-state index in [-0.39, 0.29) is 35.6 Å². The standard InChI is InChI=1S/C51H84O21/c1-20(19-64-46-40(60)39(59)36(56)31(17-52)69-46)7-10-29-21(2)33-30(68-29)16-28-26-9-8-24-15-25(11-13-50(24,5)27(26)12-14-51(28,33)6)67-49-45(72-48-42(62)38(58)35(55)23(4)66-48)43(63)44(32(18-53)70-49)71-47-41(61)37(57)34(54)22(3)65-47/h8,20-23,25-49,52-63H,7,9-19H2,1-6H3/t20?,21-,22+,23+,25+,26-,27+,28+,29?,30+,31-,32-,33+,34+,35+,36-,37-,38-,39+,40-,41-,42-,43+,44-,45-,46-,47+,48+,49-,50+,51+/m1/s1. The predicted molar refractivity (Wildman–Crippen MR) is 248 cm³/mol. The molecule has 5 saturated heterocycles. The second-order valence-electron chi connectivity index (χ2n) is 23.6. The zero-order valence-electron chi connectivity index (χ0n) is 42.3.